The van der Waals surface area contributed by atoms with Crippen molar-refractivity contribution in [3.63, 3.8) is 0 Å². The second-order valence-electron chi connectivity index (χ2n) is 6.27. The summed E-state index contributed by atoms with van der Waals surface area (Å²) in [4.78, 5) is 0. The van der Waals surface area contributed by atoms with Crippen LogP contribution in [0.1, 0.15) is 30.2 Å². The Labute approximate surface area is 155 Å². The van der Waals surface area contributed by atoms with Gasteiger partial charge in [0.1, 0.15) is 6.10 Å². The Morgan fingerprint density at radius 2 is 1.27 bits per heavy atom. The zero-order valence-corrected chi connectivity index (χ0v) is 16.5. The Balaban J connectivity index is 2.49. The molecule has 0 heterocycles. The molecule has 2 aromatic carbocycles. The number of rotatable bonds is 8. The maximum absolute atomic E-state index is 11.9. The quantitative estimate of drug-likeness (QED) is 0.692. The first kappa shape index (κ1) is 20.6. The normalized spacial score (nSPS) is 16.0. The molecule has 6 nitrogen and oxygen atoms in total. The van der Waals surface area contributed by atoms with Crippen molar-refractivity contribution in [2.45, 2.75) is 19.1 Å². The minimum absolute atomic E-state index is 0.496. The molecule has 0 spiro atoms. The minimum Gasteiger partial charge on any atom is -0.262 e. The number of sulfonamides is 1. The summed E-state index contributed by atoms with van der Waals surface area (Å²) in [5, 5.41) is 0. The lowest BCUT2D eigenvalue weighted by Crippen LogP contribution is -2.35. The van der Waals surface area contributed by atoms with Crippen LogP contribution < -0.4 is 4.72 Å². The van der Waals surface area contributed by atoms with Crippen molar-refractivity contribution >= 4 is 20.1 Å². The van der Waals surface area contributed by atoms with Crippen LogP contribution in [0.3, 0.4) is 0 Å². The largest absolute Gasteiger partial charge is 0.264 e. The second kappa shape index (κ2) is 8.30. The van der Waals surface area contributed by atoms with E-state index in [1.165, 1.54) is 0 Å². The highest BCUT2D eigenvalue weighted by molar-refractivity contribution is 7.88. The zero-order chi connectivity index (χ0) is 19.4. The third kappa shape index (κ3) is 6.21. The fourth-order valence-electron chi connectivity index (χ4n) is 2.82. The molecule has 2 rings (SSSR count). The van der Waals surface area contributed by atoms with Crippen LogP contribution >= 0.6 is 0 Å². The van der Waals surface area contributed by atoms with Gasteiger partial charge in [0, 0.05) is 5.92 Å². The average molecular weight is 398 g/mol. The lowest BCUT2D eigenvalue weighted by atomic mass is 9.87. The summed E-state index contributed by atoms with van der Waals surface area (Å²) in [6.07, 6.45) is 1.22. The van der Waals surface area contributed by atoms with Gasteiger partial charge in [-0.25, -0.2) is 13.1 Å². The van der Waals surface area contributed by atoms with Crippen LogP contribution in [-0.4, -0.2) is 29.3 Å². The molecule has 0 fully saturated rings. The highest BCUT2D eigenvalue weighted by Crippen LogP contribution is 2.36. The van der Waals surface area contributed by atoms with Gasteiger partial charge in [-0.2, -0.15) is 8.42 Å². The average Bonchev–Trinajstić information content (AvgIpc) is 2.57. The van der Waals surface area contributed by atoms with Crippen LogP contribution in [0.2, 0.25) is 0 Å². The number of benzene rings is 2. The van der Waals surface area contributed by atoms with Gasteiger partial charge in [-0.1, -0.05) is 67.6 Å². The highest BCUT2D eigenvalue weighted by atomic mass is 32.2. The predicted molar refractivity (Wildman–Crippen MR) is 101 cm³/mol. The second-order valence-corrected chi connectivity index (χ2v) is 9.65. The van der Waals surface area contributed by atoms with Gasteiger partial charge in [0.15, 0.2) is 0 Å². The molecule has 1 N–H and O–H groups in total. The predicted octanol–water partition coefficient (Wildman–Crippen LogP) is 2.63. The fraction of sp³-hybridized carbons (Fsp3) is 0.333. The minimum atomic E-state index is -3.75. The Bertz CT molecular complexity index is 835. The first-order valence-electron chi connectivity index (χ1n) is 8.02. The van der Waals surface area contributed by atoms with Crippen molar-refractivity contribution in [3.05, 3.63) is 71.8 Å². The Morgan fingerprint density at radius 3 is 1.69 bits per heavy atom. The third-order valence-electron chi connectivity index (χ3n) is 3.91. The molecule has 0 bridgehead atoms. The van der Waals surface area contributed by atoms with Crippen molar-refractivity contribution in [2.24, 2.45) is 5.92 Å². The smallest absolute Gasteiger partial charge is 0.262 e. The van der Waals surface area contributed by atoms with E-state index in [0.717, 1.165) is 18.1 Å². The molecular weight excluding hydrogens is 374 g/mol. The van der Waals surface area contributed by atoms with E-state index in [4.69, 9.17) is 4.18 Å². The van der Waals surface area contributed by atoms with Crippen LogP contribution in [-0.2, 0) is 24.3 Å². The number of hydrogen-bond acceptors (Lipinski definition) is 5. The van der Waals surface area contributed by atoms with Crippen molar-refractivity contribution < 1.29 is 21.0 Å². The van der Waals surface area contributed by atoms with Crippen molar-refractivity contribution in [2.75, 3.05) is 12.5 Å². The van der Waals surface area contributed by atoms with Gasteiger partial charge in [0.05, 0.1) is 18.6 Å². The third-order valence-corrected chi connectivity index (χ3v) is 5.15. The molecule has 0 saturated heterocycles. The maximum atomic E-state index is 11.9. The van der Waals surface area contributed by atoms with Crippen LogP contribution in [0.4, 0.5) is 0 Å². The highest BCUT2D eigenvalue weighted by Gasteiger charge is 2.33. The molecule has 3 atom stereocenters. The summed E-state index contributed by atoms with van der Waals surface area (Å²) in [7, 11) is -7.28. The van der Waals surface area contributed by atoms with E-state index < -0.39 is 38.2 Å². The van der Waals surface area contributed by atoms with Crippen LogP contribution in [0, 0.1) is 5.92 Å². The van der Waals surface area contributed by atoms with E-state index in [0.29, 0.717) is 5.56 Å². The lowest BCUT2D eigenvalue weighted by molar-refractivity contribution is 0.132. The summed E-state index contributed by atoms with van der Waals surface area (Å²) in [6, 6.07) is 17.3. The molecule has 0 aromatic heterocycles. The maximum Gasteiger partial charge on any atom is 0.264 e. The van der Waals surface area contributed by atoms with Crippen molar-refractivity contribution in [1.29, 1.82) is 0 Å². The molecule has 142 valence electrons. The van der Waals surface area contributed by atoms with Gasteiger partial charge >= 0.3 is 0 Å². The summed E-state index contributed by atoms with van der Waals surface area (Å²) in [6.45, 7) is 1.76. The standard InChI is InChI=1S/C18H23NO5S2/c1-14(17(19-25(2,20)21)15-10-6-4-7-11-15)18(24-26(3,22)23)16-12-8-5-9-13-16/h4-14,17-19H,1-3H3/t14-,17-,18-/m0/s1. The molecule has 0 unspecified atom stereocenters. The number of nitrogens with one attached hydrogen (secondary N) is 1. The Kier molecular flexibility index (Phi) is 6.57. The van der Waals surface area contributed by atoms with Crippen LogP contribution in [0.25, 0.3) is 0 Å². The SMILES string of the molecule is C[C@@H]([C@H](NS(C)(=O)=O)c1ccccc1)[C@H](OS(C)(=O)=O)c1ccccc1. The summed E-state index contributed by atoms with van der Waals surface area (Å²) >= 11 is 0. The van der Waals surface area contributed by atoms with E-state index >= 15 is 0 Å². The van der Waals surface area contributed by atoms with E-state index in [1.807, 2.05) is 12.1 Å². The molecule has 0 radical (unpaired) electrons. The summed E-state index contributed by atoms with van der Waals surface area (Å²) < 4.78 is 55.3. The van der Waals surface area contributed by atoms with Gasteiger partial charge in [-0.3, -0.25) is 4.18 Å². The molecule has 26 heavy (non-hydrogen) atoms. The molecule has 0 aliphatic heterocycles. The molecule has 0 saturated carbocycles. The fourth-order valence-corrected chi connectivity index (χ4v) is 4.30. The molecule has 0 aliphatic rings. The zero-order valence-electron chi connectivity index (χ0n) is 14.9. The summed E-state index contributed by atoms with van der Waals surface area (Å²) in [5.41, 5.74) is 1.38. The van der Waals surface area contributed by atoms with E-state index in [9.17, 15) is 16.8 Å². The number of hydrogen-bond donors (Lipinski definition) is 1. The van der Waals surface area contributed by atoms with Crippen LogP contribution in [0.5, 0.6) is 0 Å². The molecule has 8 heteroatoms. The van der Waals surface area contributed by atoms with Gasteiger partial charge in [0.25, 0.3) is 10.1 Å². The van der Waals surface area contributed by atoms with E-state index in [2.05, 4.69) is 4.72 Å². The molecule has 0 aliphatic carbocycles. The molecule has 2 aromatic rings. The lowest BCUT2D eigenvalue weighted by Gasteiger charge is -2.31. The first-order chi connectivity index (χ1) is 12.1. The molecule has 0 amide bonds. The van der Waals surface area contributed by atoms with E-state index in [-0.39, 0.29) is 0 Å². The van der Waals surface area contributed by atoms with Gasteiger partial charge in [-0.15, -0.1) is 0 Å². The monoisotopic (exact) mass is 397 g/mol. The van der Waals surface area contributed by atoms with Gasteiger partial charge in [0.2, 0.25) is 10.0 Å². The topological polar surface area (TPSA) is 89.5 Å². The van der Waals surface area contributed by atoms with Crippen molar-refractivity contribution in [3.8, 4) is 0 Å². The van der Waals surface area contributed by atoms with Gasteiger partial charge < -0.3 is 0 Å². The first-order valence-corrected chi connectivity index (χ1v) is 11.7. The Morgan fingerprint density at radius 1 is 0.808 bits per heavy atom. The van der Waals surface area contributed by atoms with E-state index in [1.54, 1.807) is 55.5 Å². The van der Waals surface area contributed by atoms with Crippen LogP contribution in [0.15, 0.2) is 60.7 Å². The van der Waals surface area contributed by atoms with Crippen molar-refractivity contribution in [1.82, 2.24) is 4.72 Å². The van der Waals surface area contributed by atoms with Gasteiger partial charge in [-0.05, 0) is 11.1 Å². The Hall–Kier alpha value is -1.74. The molecular formula is C18H23NO5S2. The summed E-state index contributed by atoms with van der Waals surface area (Å²) in [5.74, 6) is -0.496.